The molecule has 1 atom stereocenters. The summed E-state index contributed by atoms with van der Waals surface area (Å²) in [7, 11) is 0. The first-order valence-electron chi connectivity index (χ1n) is 7.41. The van der Waals surface area contributed by atoms with Crippen LogP contribution in [0.15, 0.2) is 24.3 Å². The number of carbonyl (C=O) groups excluding carboxylic acids is 3. The van der Waals surface area contributed by atoms with Crippen LogP contribution in [0.5, 0.6) is 0 Å². The monoisotopic (exact) mass is 337 g/mol. The molecule has 1 aliphatic rings. The average molecular weight is 338 g/mol. The third-order valence-corrected chi connectivity index (χ3v) is 3.94. The highest BCUT2D eigenvalue weighted by Crippen LogP contribution is 2.25. The van der Waals surface area contributed by atoms with Crippen molar-refractivity contribution in [3.05, 3.63) is 29.3 Å². The maximum Gasteiger partial charge on any atom is 0.325 e. The predicted molar refractivity (Wildman–Crippen MR) is 88.2 cm³/mol. The Balaban J connectivity index is 2.05. The molecule has 1 saturated heterocycles. The minimum Gasteiger partial charge on any atom is -0.323 e. The van der Waals surface area contributed by atoms with E-state index in [9.17, 15) is 14.4 Å². The molecule has 0 aromatic heterocycles. The lowest BCUT2D eigenvalue weighted by atomic mass is 9.91. The maximum absolute atomic E-state index is 12.5. The number of urea groups is 1. The van der Waals surface area contributed by atoms with Crippen molar-refractivity contribution >= 4 is 35.1 Å². The van der Waals surface area contributed by atoms with Gasteiger partial charge in [0, 0.05) is 0 Å². The Morgan fingerprint density at radius 3 is 2.61 bits per heavy atom. The van der Waals surface area contributed by atoms with Crippen LogP contribution in [-0.4, -0.2) is 34.8 Å². The van der Waals surface area contributed by atoms with Crippen molar-refractivity contribution in [1.82, 2.24) is 10.2 Å². The molecule has 2 rings (SSSR count). The number of nitrogens with one attached hydrogen (secondary N) is 2. The standard InChI is InChI=1S/C16H20ClN3O3/c1-10(2)8-16(3)14(22)20(15(23)19-16)9-13(21)18-12-7-5-4-6-11(12)17/h4-7,10H,8-9H2,1-3H3,(H,18,21)(H,19,23). The van der Waals surface area contributed by atoms with Crippen LogP contribution < -0.4 is 10.6 Å². The first-order valence-corrected chi connectivity index (χ1v) is 7.79. The molecule has 124 valence electrons. The molecule has 1 unspecified atom stereocenters. The number of rotatable bonds is 5. The summed E-state index contributed by atoms with van der Waals surface area (Å²) in [4.78, 5) is 37.5. The van der Waals surface area contributed by atoms with E-state index in [4.69, 9.17) is 11.6 Å². The Morgan fingerprint density at radius 1 is 1.35 bits per heavy atom. The summed E-state index contributed by atoms with van der Waals surface area (Å²) in [6.07, 6.45) is 0.514. The van der Waals surface area contributed by atoms with Gasteiger partial charge in [0.1, 0.15) is 12.1 Å². The van der Waals surface area contributed by atoms with Crippen molar-refractivity contribution < 1.29 is 14.4 Å². The van der Waals surface area contributed by atoms with E-state index in [1.165, 1.54) is 0 Å². The third kappa shape index (κ3) is 3.82. The van der Waals surface area contributed by atoms with Gasteiger partial charge in [-0.25, -0.2) is 4.79 Å². The van der Waals surface area contributed by atoms with Gasteiger partial charge in [-0.05, 0) is 31.4 Å². The number of imide groups is 1. The third-order valence-electron chi connectivity index (χ3n) is 3.61. The minimum absolute atomic E-state index is 0.237. The fourth-order valence-electron chi connectivity index (χ4n) is 2.74. The van der Waals surface area contributed by atoms with E-state index in [0.29, 0.717) is 17.1 Å². The molecule has 0 radical (unpaired) electrons. The molecule has 1 fully saturated rings. The lowest BCUT2D eigenvalue weighted by Crippen LogP contribution is -2.45. The minimum atomic E-state index is -0.962. The van der Waals surface area contributed by atoms with Crippen LogP contribution in [0.4, 0.5) is 10.5 Å². The molecule has 0 saturated carbocycles. The summed E-state index contributed by atoms with van der Waals surface area (Å²) in [5, 5.41) is 5.67. The second-order valence-corrected chi connectivity index (χ2v) is 6.69. The van der Waals surface area contributed by atoms with Crippen LogP contribution in [-0.2, 0) is 9.59 Å². The quantitative estimate of drug-likeness (QED) is 0.811. The summed E-state index contributed by atoms with van der Waals surface area (Å²) < 4.78 is 0. The first kappa shape index (κ1) is 17.3. The van der Waals surface area contributed by atoms with E-state index in [2.05, 4.69) is 10.6 Å². The Hall–Kier alpha value is -2.08. The second kappa shape index (κ2) is 6.58. The molecule has 7 heteroatoms. The molecular weight excluding hydrogens is 318 g/mol. The lowest BCUT2D eigenvalue weighted by molar-refractivity contribution is -0.133. The SMILES string of the molecule is CC(C)CC1(C)NC(=O)N(CC(=O)Nc2ccccc2Cl)C1=O. The average Bonchev–Trinajstić information content (AvgIpc) is 2.64. The molecule has 1 aromatic carbocycles. The van der Waals surface area contributed by atoms with E-state index >= 15 is 0 Å². The summed E-state index contributed by atoms with van der Waals surface area (Å²) in [6, 6.07) is 6.22. The number of anilines is 1. The zero-order valence-corrected chi connectivity index (χ0v) is 14.1. The van der Waals surface area contributed by atoms with Crippen LogP contribution in [0.3, 0.4) is 0 Å². The summed E-state index contributed by atoms with van der Waals surface area (Å²) in [5.41, 5.74) is -0.521. The van der Waals surface area contributed by atoms with Gasteiger partial charge in [0.25, 0.3) is 5.91 Å². The fraction of sp³-hybridized carbons (Fsp3) is 0.438. The van der Waals surface area contributed by atoms with Crippen molar-refractivity contribution in [3.63, 3.8) is 0 Å². The normalized spacial score (nSPS) is 20.8. The summed E-state index contributed by atoms with van der Waals surface area (Å²) >= 11 is 5.97. The molecule has 1 aliphatic heterocycles. The molecule has 6 nitrogen and oxygen atoms in total. The topological polar surface area (TPSA) is 78.5 Å². The molecule has 0 bridgehead atoms. The van der Waals surface area contributed by atoms with Crippen LogP contribution >= 0.6 is 11.6 Å². The van der Waals surface area contributed by atoms with Gasteiger partial charge >= 0.3 is 6.03 Å². The maximum atomic E-state index is 12.5. The van der Waals surface area contributed by atoms with Crippen LogP contribution in [0.1, 0.15) is 27.2 Å². The highest BCUT2D eigenvalue weighted by Gasteiger charge is 2.48. The van der Waals surface area contributed by atoms with Crippen molar-refractivity contribution in [1.29, 1.82) is 0 Å². The molecule has 0 aliphatic carbocycles. The fourth-order valence-corrected chi connectivity index (χ4v) is 2.92. The van der Waals surface area contributed by atoms with Crippen LogP contribution in [0.2, 0.25) is 5.02 Å². The molecule has 23 heavy (non-hydrogen) atoms. The van der Waals surface area contributed by atoms with Gasteiger partial charge in [-0.2, -0.15) is 0 Å². The predicted octanol–water partition coefficient (Wildman–Crippen LogP) is 2.64. The van der Waals surface area contributed by atoms with Gasteiger partial charge in [-0.3, -0.25) is 14.5 Å². The summed E-state index contributed by atoms with van der Waals surface area (Å²) in [5.74, 6) is -0.623. The number of nitrogens with zero attached hydrogens (tertiary/aromatic N) is 1. The molecule has 0 spiro atoms. The molecular formula is C16H20ClN3O3. The van der Waals surface area contributed by atoms with Crippen molar-refractivity contribution in [2.45, 2.75) is 32.7 Å². The second-order valence-electron chi connectivity index (χ2n) is 6.28. The zero-order chi connectivity index (χ0) is 17.2. The Kier molecular flexibility index (Phi) is 4.94. The van der Waals surface area contributed by atoms with Gasteiger partial charge in [0.05, 0.1) is 10.7 Å². The molecule has 4 amide bonds. The van der Waals surface area contributed by atoms with Gasteiger partial charge < -0.3 is 10.6 Å². The highest BCUT2D eigenvalue weighted by atomic mass is 35.5. The number of hydrogen-bond donors (Lipinski definition) is 2. The van der Waals surface area contributed by atoms with E-state index in [1.54, 1.807) is 31.2 Å². The zero-order valence-electron chi connectivity index (χ0n) is 13.4. The molecule has 2 N–H and O–H groups in total. The Bertz CT molecular complexity index is 647. The number of para-hydroxylation sites is 1. The van der Waals surface area contributed by atoms with Crippen LogP contribution in [0.25, 0.3) is 0 Å². The van der Waals surface area contributed by atoms with Gasteiger partial charge in [0.2, 0.25) is 5.91 Å². The van der Waals surface area contributed by atoms with E-state index in [0.717, 1.165) is 4.90 Å². The first-order chi connectivity index (χ1) is 10.7. The van der Waals surface area contributed by atoms with Gasteiger partial charge in [0.15, 0.2) is 0 Å². The Morgan fingerprint density at radius 2 is 2.00 bits per heavy atom. The highest BCUT2D eigenvalue weighted by molar-refractivity contribution is 6.33. The number of halogens is 1. The molecule has 1 heterocycles. The van der Waals surface area contributed by atoms with Crippen molar-refractivity contribution in [2.24, 2.45) is 5.92 Å². The van der Waals surface area contributed by atoms with E-state index in [-0.39, 0.29) is 18.4 Å². The number of carbonyl (C=O) groups is 3. The largest absolute Gasteiger partial charge is 0.325 e. The van der Waals surface area contributed by atoms with Crippen molar-refractivity contribution in [2.75, 3.05) is 11.9 Å². The lowest BCUT2D eigenvalue weighted by Gasteiger charge is -2.23. The smallest absolute Gasteiger partial charge is 0.323 e. The van der Waals surface area contributed by atoms with E-state index < -0.39 is 17.5 Å². The summed E-state index contributed by atoms with van der Waals surface area (Å²) in [6.45, 7) is 5.28. The number of benzene rings is 1. The number of hydrogen-bond acceptors (Lipinski definition) is 3. The van der Waals surface area contributed by atoms with Crippen LogP contribution in [0, 0.1) is 5.92 Å². The van der Waals surface area contributed by atoms with Gasteiger partial charge in [-0.1, -0.05) is 37.6 Å². The Labute approximate surface area is 140 Å². The van der Waals surface area contributed by atoms with Crippen molar-refractivity contribution in [3.8, 4) is 0 Å². The van der Waals surface area contributed by atoms with Gasteiger partial charge in [-0.15, -0.1) is 0 Å². The molecule has 1 aromatic rings. The van der Waals surface area contributed by atoms with E-state index in [1.807, 2.05) is 13.8 Å². The number of amides is 4.